The van der Waals surface area contributed by atoms with Crippen LogP contribution >= 0.6 is 0 Å². The van der Waals surface area contributed by atoms with Gasteiger partial charge in [-0.2, -0.15) is 0 Å². The lowest BCUT2D eigenvalue weighted by atomic mass is 10.1. The second-order valence-electron chi connectivity index (χ2n) is 8.34. The highest BCUT2D eigenvalue weighted by molar-refractivity contribution is 5.94. The monoisotopic (exact) mass is 416 g/mol. The van der Waals surface area contributed by atoms with Gasteiger partial charge in [0.25, 0.3) is 5.91 Å². The Balaban J connectivity index is 1.92. The molecule has 6 nitrogen and oxygen atoms in total. The van der Waals surface area contributed by atoms with Crippen molar-refractivity contribution >= 4 is 11.8 Å². The average Bonchev–Trinajstić information content (AvgIpc) is 2.98. The topological polar surface area (TPSA) is 47.1 Å². The fourth-order valence-corrected chi connectivity index (χ4v) is 4.03. The van der Waals surface area contributed by atoms with Crippen LogP contribution in [0, 0.1) is 0 Å². The molecule has 0 aromatic heterocycles. The van der Waals surface area contributed by atoms with E-state index in [-0.39, 0.29) is 11.8 Å². The molecule has 2 amide bonds. The van der Waals surface area contributed by atoms with Crippen LogP contribution in [0.4, 0.5) is 0 Å². The number of hydrogen-bond donors (Lipinski definition) is 0. The molecule has 1 aromatic carbocycles. The minimum atomic E-state index is 0.0923. The second kappa shape index (κ2) is 12.1. The Labute approximate surface area is 182 Å². The van der Waals surface area contributed by atoms with E-state index < -0.39 is 0 Å². The first-order valence-electron chi connectivity index (χ1n) is 11.5. The SMILES string of the molecule is CCN(CC)C(=O)CN1CCCN(C(=O)c2ccc(CN(CC)C(C)C)cc2)CC1. The smallest absolute Gasteiger partial charge is 0.253 e. The Bertz CT molecular complexity index is 670. The lowest BCUT2D eigenvalue weighted by molar-refractivity contribution is -0.132. The fourth-order valence-electron chi connectivity index (χ4n) is 4.03. The molecule has 0 atom stereocenters. The molecule has 1 saturated heterocycles. The van der Waals surface area contributed by atoms with Gasteiger partial charge in [0.2, 0.25) is 5.91 Å². The maximum atomic E-state index is 13.0. The van der Waals surface area contributed by atoms with E-state index in [4.69, 9.17) is 0 Å². The highest BCUT2D eigenvalue weighted by Crippen LogP contribution is 2.13. The van der Waals surface area contributed by atoms with E-state index in [1.54, 1.807) is 0 Å². The molecule has 30 heavy (non-hydrogen) atoms. The Morgan fingerprint density at radius 2 is 1.60 bits per heavy atom. The van der Waals surface area contributed by atoms with Crippen LogP contribution < -0.4 is 0 Å². The average molecular weight is 417 g/mol. The minimum Gasteiger partial charge on any atom is -0.342 e. The van der Waals surface area contributed by atoms with Gasteiger partial charge in [-0.1, -0.05) is 19.1 Å². The minimum absolute atomic E-state index is 0.0923. The van der Waals surface area contributed by atoms with Crippen LogP contribution in [0.1, 0.15) is 57.0 Å². The summed E-state index contributed by atoms with van der Waals surface area (Å²) in [6, 6.07) is 8.57. The summed E-state index contributed by atoms with van der Waals surface area (Å²) in [5.41, 5.74) is 1.98. The molecule has 168 valence electrons. The van der Waals surface area contributed by atoms with Crippen LogP contribution in [0.15, 0.2) is 24.3 Å². The van der Waals surface area contributed by atoms with E-state index in [2.05, 4.69) is 42.7 Å². The molecular formula is C24H40N4O2. The predicted octanol–water partition coefficient (Wildman–Crippen LogP) is 2.93. The Hall–Kier alpha value is -1.92. The zero-order valence-corrected chi connectivity index (χ0v) is 19.6. The molecule has 0 saturated carbocycles. The van der Waals surface area contributed by atoms with Crippen molar-refractivity contribution in [3.05, 3.63) is 35.4 Å². The van der Waals surface area contributed by atoms with Crippen LogP contribution in [0.5, 0.6) is 0 Å². The van der Waals surface area contributed by atoms with Crippen LogP contribution in [0.25, 0.3) is 0 Å². The maximum Gasteiger partial charge on any atom is 0.253 e. The molecule has 1 fully saturated rings. The summed E-state index contributed by atoms with van der Waals surface area (Å²) in [5.74, 6) is 0.271. The molecule has 0 N–H and O–H groups in total. The Morgan fingerprint density at radius 1 is 0.933 bits per heavy atom. The van der Waals surface area contributed by atoms with Gasteiger partial charge in [0.15, 0.2) is 0 Å². The van der Waals surface area contributed by atoms with Gasteiger partial charge in [-0.05, 0) is 58.4 Å². The van der Waals surface area contributed by atoms with Crippen molar-refractivity contribution in [2.24, 2.45) is 0 Å². The van der Waals surface area contributed by atoms with E-state index in [0.29, 0.717) is 19.1 Å². The fraction of sp³-hybridized carbons (Fsp3) is 0.667. The molecule has 2 rings (SSSR count). The first-order valence-corrected chi connectivity index (χ1v) is 11.5. The van der Waals surface area contributed by atoms with Gasteiger partial charge in [0.05, 0.1) is 6.54 Å². The molecule has 0 bridgehead atoms. The van der Waals surface area contributed by atoms with Gasteiger partial charge in [0.1, 0.15) is 0 Å². The molecule has 6 heteroatoms. The summed E-state index contributed by atoms with van der Waals surface area (Å²) >= 11 is 0. The molecular weight excluding hydrogens is 376 g/mol. The molecule has 0 unspecified atom stereocenters. The van der Waals surface area contributed by atoms with E-state index in [0.717, 1.165) is 57.8 Å². The van der Waals surface area contributed by atoms with E-state index in [9.17, 15) is 9.59 Å². The quantitative estimate of drug-likeness (QED) is 0.621. The summed E-state index contributed by atoms with van der Waals surface area (Å²) in [7, 11) is 0. The van der Waals surface area contributed by atoms with Gasteiger partial charge >= 0.3 is 0 Å². The zero-order chi connectivity index (χ0) is 22.1. The van der Waals surface area contributed by atoms with Gasteiger partial charge in [-0.3, -0.25) is 19.4 Å². The van der Waals surface area contributed by atoms with Crippen molar-refractivity contribution in [1.29, 1.82) is 0 Å². The summed E-state index contributed by atoms with van der Waals surface area (Å²) in [6.45, 7) is 17.5. The van der Waals surface area contributed by atoms with Crippen molar-refractivity contribution in [3.8, 4) is 0 Å². The summed E-state index contributed by atoms with van der Waals surface area (Å²) < 4.78 is 0. The lowest BCUT2D eigenvalue weighted by Gasteiger charge is -2.25. The molecule has 0 spiro atoms. The third-order valence-electron chi connectivity index (χ3n) is 6.07. The number of carbonyl (C=O) groups excluding carboxylic acids is 2. The van der Waals surface area contributed by atoms with Gasteiger partial charge in [-0.15, -0.1) is 0 Å². The first kappa shape index (κ1) is 24.4. The van der Waals surface area contributed by atoms with E-state index in [1.807, 2.05) is 35.8 Å². The predicted molar refractivity (Wildman–Crippen MR) is 123 cm³/mol. The van der Waals surface area contributed by atoms with Crippen LogP contribution in [-0.4, -0.2) is 89.8 Å². The largest absolute Gasteiger partial charge is 0.342 e. The molecule has 1 aromatic rings. The molecule has 0 aliphatic carbocycles. The Morgan fingerprint density at radius 3 is 2.17 bits per heavy atom. The van der Waals surface area contributed by atoms with Crippen molar-refractivity contribution in [2.45, 2.75) is 53.6 Å². The number of nitrogens with zero attached hydrogens (tertiary/aromatic N) is 4. The zero-order valence-electron chi connectivity index (χ0n) is 19.6. The number of benzene rings is 1. The lowest BCUT2D eigenvalue weighted by Crippen LogP contribution is -2.42. The third kappa shape index (κ3) is 6.81. The first-order chi connectivity index (χ1) is 14.4. The van der Waals surface area contributed by atoms with E-state index in [1.165, 1.54) is 5.56 Å². The highest BCUT2D eigenvalue weighted by Gasteiger charge is 2.22. The molecule has 1 aliphatic heterocycles. The maximum absolute atomic E-state index is 13.0. The van der Waals surface area contributed by atoms with Crippen molar-refractivity contribution in [1.82, 2.24) is 19.6 Å². The number of likely N-dealkylation sites (N-methyl/N-ethyl adjacent to an activating group) is 1. The van der Waals surface area contributed by atoms with Crippen molar-refractivity contribution < 1.29 is 9.59 Å². The molecule has 0 radical (unpaired) electrons. The molecule has 1 aliphatic rings. The van der Waals surface area contributed by atoms with Gasteiger partial charge < -0.3 is 9.80 Å². The van der Waals surface area contributed by atoms with Crippen LogP contribution in [0.3, 0.4) is 0 Å². The van der Waals surface area contributed by atoms with Crippen LogP contribution in [0.2, 0.25) is 0 Å². The Kier molecular flexibility index (Phi) is 9.79. The number of amides is 2. The number of carbonyl (C=O) groups is 2. The van der Waals surface area contributed by atoms with Gasteiger partial charge in [-0.25, -0.2) is 0 Å². The standard InChI is InChI=1S/C24H40N4O2/c1-6-26(7-2)23(29)19-25-14-9-15-28(17-16-25)24(30)22-12-10-21(11-13-22)18-27(8-3)20(4)5/h10-13,20H,6-9,14-19H2,1-5H3. The third-order valence-corrected chi connectivity index (χ3v) is 6.07. The number of hydrogen-bond acceptors (Lipinski definition) is 4. The normalized spacial score (nSPS) is 15.5. The summed E-state index contributed by atoms with van der Waals surface area (Å²) in [6.07, 6.45) is 0.898. The van der Waals surface area contributed by atoms with Crippen molar-refractivity contribution in [2.75, 3.05) is 52.4 Å². The van der Waals surface area contributed by atoms with Gasteiger partial charge in [0, 0.05) is 57.4 Å². The second-order valence-corrected chi connectivity index (χ2v) is 8.34. The highest BCUT2D eigenvalue weighted by atomic mass is 16.2. The van der Waals surface area contributed by atoms with Crippen LogP contribution in [-0.2, 0) is 11.3 Å². The van der Waals surface area contributed by atoms with E-state index >= 15 is 0 Å². The summed E-state index contributed by atoms with van der Waals surface area (Å²) in [5, 5.41) is 0. The molecule has 1 heterocycles. The summed E-state index contributed by atoms with van der Waals surface area (Å²) in [4.78, 5) is 33.8. The number of rotatable bonds is 9. The van der Waals surface area contributed by atoms with Crippen molar-refractivity contribution in [3.63, 3.8) is 0 Å².